The summed E-state index contributed by atoms with van der Waals surface area (Å²) in [5.41, 5.74) is 4.72. The molecule has 0 aliphatic carbocycles. The van der Waals surface area contributed by atoms with Crippen LogP contribution in [0.4, 0.5) is 5.69 Å². The standard InChI is InChI=1S/C14H13BrN2O2S/c1-17(7-11-8-20-9-16-11)12-4-2-10(13(15)6-12)3-5-14(18)19/h2-6,8-9H,7H2,1H3,(H,18,19)/b5-3+. The highest BCUT2D eigenvalue weighted by Gasteiger charge is 2.06. The minimum atomic E-state index is -0.957. The van der Waals surface area contributed by atoms with Gasteiger partial charge in [0.25, 0.3) is 0 Å². The number of carboxylic acids is 1. The van der Waals surface area contributed by atoms with E-state index in [4.69, 9.17) is 5.11 Å². The Morgan fingerprint density at radius 2 is 2.35 bits per heavy atom. The second-order valence-electron chi connectivity index (χ2n) is 4.21. The summed E-state index contributed by atoms with van der Waals surface area (Å²) in [4.78, 5) is 16.9. The predicted octanol–water partition coefficient (Wildman–Crippen LogP) is 3.64. The lowest BCUT2D eigenvalue weighted by atomic mass is 10.2. The van der Waals surface area contributed by atoms with Gasteiger partial charge in [0, 0.05) is 28.7 Å². The van der Waals surface area contributed by atoms with Gasteiger partial charge >= 0.3 is 5.97 Å². The summed E-state index contributed by atoms with van der Waals surface area (Å²) < 4.78 is 0.859. The van der Waals surface area contributed by atoms with Crippen LogP contribution in [0.5, 0.6) is 0 Å². The van der Waals surface area contributed by atoms with Gasteiger partial charge in [-0.2, -0.15) is 0 Å². The molecule has 0 aliphatic heterocycles. The molecule has 1 N–H and O–H groups in total. The van der Waals surface area contributed by atoms with Gasteiger partial charge in [0.2, 0.25) is 0 Å². The van der Waals surface area contributed by atoms with Gasteiger partial charge in [0.05, 0.1) is 17.7 Å². The third kappa shape index (κ3) is 3.91. The summed E-state index contributed by atoms with van der Waals surface area (Å²) in [5, 5.41) is 10.7. The van der Waals surface area contributed by atoms with Gasteiger partial charge in [-0.05, 0) is 23.8 Å². The van der Waals surface area contributed by atoms with Crippen LogP contribution in [0.25, 0.3) is 6.08 Å². The van der Waals surface area contributed by atoms with Crippen molar-refractivity contribution in [2.75, 3.05) is 11.9 Å². The van der Waals surface area contributed by atoms with E-state index in [1.54, 1.807) is 17.4 Å². The number of anilines is 1. The van der Waals surface area contributed by atoms with Crippen LogP contribution in [-0.2, 0) is 11.3 Å². The first-order chi connectivity index (χ1) is 9.56. The molecule has 4 nitrogen and oxygen atoms in total. The fraction of sp³-hybridized carbons (Fsp3) is 0.143. The van der Waals surface area contributed by atoms with Crippen molar-refractivity contribution in [3.8, 4) is 0 Å². The Hall–Kier alpha value is -1.66. The largest absolute Gasteiger partial charge is 0.478 e. The van der Waals surface area contributed by atoms with Gasteiger partial charge in [0.1, 0.15) is 0 Å². The topological polar surface area (TPSA) is 53.4 Å². The number of benzene rings is 1. The molecule has 0 radical (unpaired) electrons. The van der Waals surface area contributed by atoms with Crippen LogP contribution in [0.1, 0.15) is 11.3 Å². The first-order valence-electron chi connectivity index (χ1n) is 5.85. The molecule has 0 unspecified atom stereocenters. The van der Waals surface area contributed by atoms with Crippen LogP contribution in [0.3, 0.4) is 0 Å². The first-order valence-corrected chi connectivity index (χ1v) is 7.58. The van der Waals surface area contributed by atoms with Gasteiger partial charge in [-0.25, -0.2) is 9.78 Å². The van der Waals surface area contributed by atoms with E-state index >= 15 is 0 Å². The van der Waals surface area contributed by atoms with Crippen molar-refractivity contribution < 1.29 is 9.90 Å². The van der Waals surface area contributed by atoms with Crippen molar-refractivity contribution >= 4 is 45.0 Å². The Balaban J connectivity index is 2.13. The number of nitrogens with zero attached hydrogens (tertiary/aromatic N) is 2. The molecular formula is C14H13BrN2O2S. The molecule has 2 rings (SSSR count). The number of hydrogen-bond donors (Lipinski definition) is 1. The lowest BCUT2D eigenvalue weighted by molar-refractivity contribution is -0.131. The van der Waals surface area contributed by atoms with E-state index < -0.39 is 5.97 Å². The van der Waals surface area contributed by atoms with Crippen LogP contribution in [0.2, 0.25) is 0 Å². The molecular weight excluding hydrogens is 340 g/mol. The highest BCUT2D eigenvalue weighted by molar-refractivity contribution is 9.10. The summed E-state index contributed by atoms with van der Waals surface area (Å²) in [7, 11) is 1.99. The molecule has 1 aromatic carbocycles. The highest BCUT2D eigenvalue weighted by atomic mass is 79.9. The molecule has 0 amide bonds. The minimum Gasteiger partial charge on any atom is -0.478 e. The quantitative estimate of drug-likeness (QED) is 0.834. The highest BCUT2D eigenvalue weighted by Crippen LogP contribution is 2.25. The van der Waals surface area contributed by atoms with E-state index in [2.05, 4.69) is 25.8 Å². The number of carbonyl (C=O) groups is 1. The van der Waals surface area contributed by atoms with Gasteiger partial charge < -0.3 is 10.0 Å². The first kappa shape index (κ1) is 14.7. The third-order valence-corrected chi connectivity index (χ3v) is 4.03. The molecule has 0 fully saturated rings. The maximum Gasteiger partial charge on any atom is 0.328 e. The SMILES string of the molecule is CN(Cc1cscn1)c1ccc(/C=C/C(=O)O)c(Br)c1. The van der Waals surface area contributed by atoms with Crippen molar-refractivity contribution in [1.82, 2.24) is 4.98 Å². The summed E-state index contributed by atoms with van der Waals surface area (Å²) in [6, 6.07) is 5.81. The van der Waals surface area contributed by atoms with Crippen molar-refractivity contribution in [2.24, 2.45) is 0 Å². The molecule has 0 spiro atoms. The number of halogens is 1. The number of thiazole rings is 1. The lowest BCUT2D eigenvalue weighted by Crippen LogP contribution is -2.16. The van der Waals surface area contributed by atoms with Crippen LogP contribution in [0, 0.1) is 0 Å². The smallest absolute Gasteiger partial charge is 0.328 e. The maximum atomic E-state index is 10.5. The van der Waals surface area contributed by atoms with Gasteiger partial charge in [0.15, 0.2) is 0 Å². The van der Waals surface area contributed by atoms with Gasteiger partial charge in [-0.15, -0.1) is 11.3 Å². The Kier molecular flexibility index (Phi) is 4.92. The maximum absolute atomic E-state index is 10.5. The summed E-state index contributed by atoms with van der Waals surface area (Å²) in [6.07, 6.45) is 2.69. The molecule has 0 aliphatic rings. The van der Waals surface area contributed by atoms with Crippen molar-refractivity contribution in [3.63, 3.8) is 0 Å². The number of hydrogen-bond acceptors (Lipinski definition) is 4. The lowest BCUT2D eigenvalue weighted by Gasteiger charge is -2.18. The normalized spacial score (nSPS) is 10.9. The van der Waals surface area contributed by atoms with E-state index in [0.29, 0.717) is 0 Å². The van der Waals surface area contributed by atoms with E-state index in [9.17, 15) is 4.79 Å². The number of rotatable bonds is 5. The van der Waals surface area contributed by atoms with Crippen LogP contribution in [0.15, 0.2) is 39.6 Å². The molecule has 1 heterocycles. The molecule has 0 saturated heterocycles. The number of carboxylic acid groups (broad SMARTS) is 1. The van der Waals surface area contributed by atoms with E-state index in [-0.39, 0.29) is 0 Å². The second-order valence-corrected chi connectivity index (χ2v) is 5.79. The Morgan fingerprint density at radius 1 is 1.55 bits per heavy atom. The minimum absolute atomic E-state index is 0.736. The Morgan fingerprint density at radius 3 is 2.95 bits per heavy atom. The Bertz CT molecular complexity index is 626. The summed E-state index contributed by atoms with van der Waals surface area (Å²) >= 11 is 5.04. The fourth-order valence-electron chi connectivity index (χ4n) is 1.70. The average molecular weight is 353 g/mol. The predicted molar refractivity (Wildman–Crippen MR) is 85.0 cm³/mol. The van der Waals surface area contributed by atoms with E-state index in [1.165, 1.54) is 0 Å². The zero-order valence-corrected chi connectivity index (χ0v) is 13.2. The molecule has 1 aromatic heterocycles. The van der Waals surface area contributed by atoms with Crippen molar-refractivity contribution in [2.45, 2.75) is 6.54 Å². The summed E-state index contributed by atoms with van der Waals surface area (Å²) in [6.45, 7) is 0.736. The zero-order chi connectivity index (χ0) is 14.5. The van der Waals surface area contributed by atoms with E-state index in [0.717, 1.165) is 34.0 Å². The second kappa shape index (κ2) is 6.67. The molecule has 0 saturated carbocycles. The van der Waals surface area contributed by atoms with Gasteiger partial charge in [-0.1, -0.05) is 22.0 Å². The van der Waals surface area contributed by atoms with Crippen LogP contribution in [-0.4, -0.2) is 23.1 Å². The Labute approximate surface area is 129 Å². The van der Waals surface area contributed by atoms with Crippen LogP contribution < -0.4 is 4.90 Å². The number of aromatic nitrogens is 1. The molecule has 0 bridgehead atoms. The molecule has 0 atom stereocenters. The van der Waals surface area contributed by atoms with Crippen LogP contribution >= 0.6 is 27.3 Å². The van der Waals surface area contributed by atoms with Crippen molar-refractivity contribution in [1.29, 1.82) is 0 Å². The average Bonchev–Trinajstić information content (AvgIpc) is 2.89. The summed E-state index contributed by atoms with van der Waals surface area (Å²) in [5.74, 6) is -0.957. The fourth-order valence-corrected chi connectivity index (χ4v) is 2.75. The zero-order valence-electron chi connectivity index (χ0n) is 10.8. The van der Waals surface area contributed by atoms with E-state index in [1.807, 2.05) is 36.1 Å². The number of aliphatic carboxylic acids is 1. The molecule has 6 heteroatoms. The monoisotopic (exact) mass is 352 g/mol. The molecule has 2 aromatic rings. The molecule has 104 valence electrons. The molecule has 20 heavy (non-hydrogen) atoms. The van der Waals surface area contributed by atoms with Crippen molar-refractivity contribution in [3.05, 3.63) is 50.9 Å². The third-order valence-electron chi connectivity index (χ3n) is 2.71. The van der Waals surface area contributed by atoms with Gasteiger partial charge in [-0.3, -0.25) is 0 Å².